The fraction of sp³-hybridized carbons (Fsp3) is 0.556. The van der Waals surface area contributed by atoms with E-state index in [9.17, 15) is 18.0 Å². The Morgan fingerprint density at radius 1 is 1.22 bits per heavy atom. The van der Waals surface area contributed by atoms with Crippen LogP contribution in [-0.2, 0) is 19.4 Å². The summed E-state index contributed by atoms with van der Waals surface area (Å²) < 4.78 is 39.4. The van der Waals surface area contributed by atoms with Crippen molar-refractivity contribution in [1.29, 1.82) is 0 Å². The van der Waals surface area contributed by atoms with Crippen LogP contribution in [0.1, 0.15) is 30.1 Å². The molecule has 1 amide bonds. The Labute approximate surface area is 158 Å². The Morgan fingerprint density at radius 3 is 2.63 bits per heavy atom. The predicted molar refractivity (Wildman–Crippen MR) is 96.8 cm³/mol. The molecular weight excluding hydrogens is 374 g/mol. The molecule has 1 fully saturated rings. The number of carbonyl (C=O) groups excluding carboxylic acids is 2. The summed E-state index contributed by atoms with van der Waals surface area (Å²) in [5.74, 6) is 0.0497. The molecule has 0 unspecified atom stereocenters. The number of hydrogen-bond donors (Lipinski definition) is 0. The molecular formula is C18H23NO7S. The van der Waals surface area contributed by atoms with Crippen molar-refractivity contribution < 1.29 is 32.2 Å². The zero-order valence-corrected chi connectivity index (χ0v) is 16.0. The predicted octanol–water partition coefficient (Wildman–Crippen LogP) is 1.04. The number of carbonyl (C=O) groups is 2. The van der Waals surface area contributed by atoms with Crippen LogP contribution in [0.25, 0.3) is 0 Å². The minimum absolute atomic E-state index is 0.0329. The van der Waals surface area contributed by atoms with Gasteiger partial charge in [-0.1, -0.05) is 6.92 Å². The lowest BCUT2D eigenvalue weighted by molar-refractivity contribution is -0.136. The third-order valence-corrected chi connectivity index (χ3v) is 6.29. The first-order valence-electron chi connectivity index (χ1n) is 8.96. The molecule has 1 aromatic rings. The van der Waals surface area contributed by atoms with E-state index in [1.54, 1.807) is 12.1 Å². The molecule has 0 aliphatic carbocycles. The molecule has 2 aliphatic heterocycles. The fourth-order valence-electron chi connectivity index (χ4n) is 3.24. The van der Waals surface area contributed by atoms with Crippen molar-refractivity contribution in [1.82, 2.24) is 4.90 Å². The van der Waals surface area contributed by atoms with E-state index in [-0.39, 0.29) is 29.0 Å². The number of ether oxygens (including phenoxy) is 3. The lowest BCUT2D eigenvalue weighted by atomic mass is 10.2. The molecule has 1 saturated heterocycles. The van der Waals surface area contributed by atoms with Gasteiger partial charge in [0, 0.05) is 12.6 Å². The van der Waals surface area contributed by atoms with Crippen LogP contribution in [0.5, 0.6) is 11.5 Å². The van der Waals surface area contributed by atoms with E-state index in [1.165, 1.54) is 11.0 Å². The number of benzene rings is 1. The summed E-state index contributed by atoms with van der Waals surface area (Å²) in [6, 6.07) is 4.35. The third-order valence-electron chi connectivity index (χ3n) is 4.54. The monoisotopic (exact) mass is 397 g/mol. The van der Waals surface area contributed by atoms with Gasteiger partial charge in [-0.25, -0.2) is 13.2 Å². The molecule has 0 spiro atoms. The molecule has 0 aromatic heterocycles. The van der Waals surface area contributed by atoms with E-state index in [1.807, 2.05) is 6.92 Å². The van der Waals surface area contributed by atoms with Gasteiger partial charge in [-0.2, -0.15) is 0 Å². The van der Waals surface area contributed by atoms with Gasteiger partial charge in [0.1, 0.15) is 13.2 Å². The van der Waals surface area contributed by atoms with Gasteiger partial charge in [-0.3, -0.25) is 4.79 Å². The number of rotatable bonds is 6. The van der Waals surface area contributed by atoms with Crippen LogP contribution in [0.2, 0.25) is 0 Å². The van der Waals surface area contributed by atoms with E-state index in [4.69, 9.17) is 14.2 Å². The van der Waals surface area contributed by atoms with Crippen molar-refractivity contribution in [2.75, 3.05) is 37.9 Å². The van der Waals surface area contributed by atoms with Gasteiger partial charge >= 0.3 is 5.97 Å². The number of hydrogen-bond acceptors (Lipinski definition) is 7. The van der Waals surface area contributed by atoms with Gasteiger partial charge in [-0.05, 0) is 31.0 Å². The lowest BCUT2D eigenvalue weighted by Crippen LogP contribution is -2.43. The zero-order valence-electron chi connectivity index (χ0n) is 15.2. The summed E-state index contributed by atoms with van der Waals surface area (Å²) in [6.07, 6.45) is 1.11. The number of fused-ring (bicyclic) bond motifs is 1. The van der Waals surface area contributed by atoms with Crippen LogP contribution in [0.4, 0.5) is 0 Å². The zero-order chi connectivity index (χ0) is 19.4. The smallest absolute Gasteiger partial charge is 0.338 e. The summed E-state index contributed by atoms with van der Waals surface area (Å²) in [5, 5.41) is 0. The minimum Gasteiger partial charge on any atom is -0.486 e. The second-order valence-electron chi connectivity index (χ2n) is 6.58. The van der Waals surface area contributed by atoms with Crippen molar-refractivity contribution in [3.05, 3.63) is 23.8 Å². The second kappa shape index (κ2) is 8.16. The van der Waals surface area contributed by atoms with Crippen molar-refractivity contribution in [2.45, 2.75) is 25.8 Å². The molecule has 2 heterocycles. The van der Waals surface area contributed by atoms with Crippen LogP contribution in [0.3, 0.4) is 0 Å². The van der Waals surface area contributed by atoms with Crippen LogP contribution in [0, 0.1) is 0 Å². The van der Waals surface area contributed by atoms with Crippen molar-refractivity contribution in [3.63, 3.8) is 0 Å². The molecule has 148 valence electrons. The molecule has 0 radical (unpaired) electrons. The van der Waals surface area contributed by atoms with Gasteiger partial charge in [0.05, 0.1) is 17.1 Å². The Morgan fingerprint density at radius 2 is 1.96 bits per heavy atom. The summed E-state index contributed by atoms with van der Waals surface area (Å²) in [6.45, 7) is 2.77. The fourth-order valence-corrected chi connectivity index (χ4v) is 4.97. The van der Waals surface area contributed by atoms with E-state index >= 15 is 0 Å². The third kappa shape index (κ3) is 4.71. The number of nitrogens with zero attached hydrogens (tertiary/aromatic N) is 1. The van der Waals surface area contributed by atoms with E-state index in [0.717, 1.165) is 0 Å². The normalized spacial score (nSPS) is 20.1. The number of esters is 1. The van der Waals surface area contributed by atoms with Crippen molar-refractivity contribution in [3.8, 4) is 11.5 Å². The van der Waals surface area contributed by atoms with Crippen molar-refractivity contribution in [2.24, 2.45) is 0 Å². The molecule has 27 heavy (non-hydrogen) atoms. The van der Waals surface area contributed by atoms with Crippen LogP contribution < -0.4 is 9.47 Å². The molecule has 0 N–H and O–H groups in total. The van der Waals surface area contributed by atoms with E-state index in [0.29, 0.717) is 44.1 Å². The van der Waals surface area contributed by atoms with E-state index in [2.05, 4.69) is 0 Å². The highest BCUT2D eigenvalue weighted by Crippen LogP contribution is 2.31. The highest BCUT2D eigenvalue weighted by molar-refractivity contribution is 7.91. The first-order valence-corrected chi connectivity index (χ1v) is 10.8. The summed E-state index contributed by atoms with van der Waals surface area (Å²) in [4.78, 5) is 26.3. The Balaban J connectivity index is 1.60. The van der Waals surface area contributed by atoms with Gasteiger partial charge in [0.2, 0.25) is 0 Å². The van der Waals surface area contributed by atoms with Crippen LogP contribution in [-0.4, -0.2) is 69.1 Å². The molecule has 8 nitrogen and oxygen atoms in total. The van der Waals surface area contributed by atoms with Gasteiger partial charge in [0.15, 0.2) is 27.9 Å². The maximum absolute atomic E-state index is 12.5. The Hall–Kier alpha value is -2.29. The van der Waals surface area contributed by atoms with Gasteiger partial charge in [-0.15, -0.1) is 0 Å². The summed E-state index contributed by atoms with van der Waals surface area (Å²) in [5.41, 5.74) is 0.262. The van der Waals surface area contributed by atoms with Crippen molar-refractivity contribution >= 4 is 21.7 Å². The van der Waals surface area contributed by atoms with Crippen LogP contribution in [0.15, 0.2) is 18.2 Å². The summed E-state index contributed by atoms with van der Waals surface area (Å²) >= 11 is 0. The highest BCUT2D eigenvalue weighted by Gasteiger charge is 2.34. The first-order chi connectivity index (χ1) is 12.9. The number of amides is 1. The topological polar surface area (TPSA) is 99.2 Å². The van der Waals surface area contributed by atoms with Gasteiger partial charge < -0.3 is 19.1 Å². The summed E-state index contributed by atoms with van der Waals surface area (Å²) in [7, 11) is -3.10. The minimum atomic E-state index is -3.10. The van der Waals surface area contributed by atoms with Gasteiger partial charge in [0.25, 0.3) is 5.91 Å². The average Bonchev–Trinajstić information content (AvgIpc) is 3.02. The molecule has 3 rings (SSSR count). The SMILES string of the molecule is CCCN(C(=O)COC(=O)c1ccc2c(c1)OCCO2)[C@H]1CCS(=O)(=O)C1. The maximum atomic E-state index is 12.5. The Bertz CT molecular complexity index is 821. The maximum Gasteiger partial charge on any atom is 0.338 e. The molecule has 1 atom stereocenters. The quantitative estimate of drug-likeness (QED) is 0.661. The highest BCUT2D eigenvalue weighted by atomic mass is 32.2. The largest absolute Gasteiger partial charge is 0.486 e. The molecule has 9 heteroatoms. The molecule has 0 saturated carbocycles. The first kappa shape index (κ1) is 19.5. The second-order valence-corrected chi connectivity index (χ2v) is 8.81. The molecule has 0 bridgehead atoms. The Kier molecular flexibility index (Phi) is 5.88. The van der Waals surface area contributed by atoms with E-state index < -0.39 is 22.4 Å². The average molecular weight is 397 g/mol. The molecule has 1 aromatic carbocycles. The lowest BCUT2D eigenvalue weighted by Gasteiger charge is -2.27. The molecule has 2 aliphatic rings. The standard InChI is InChI=1S/C18H23NO7S/c1-2-6-19(14-5-9-27(22,23)12-14)17(20)11-26-18(21)13-3-4-15-16(10-13)25-8-7-24-15/h3-4,10,14H,2,5-9,11-12H2,1H3/t14-/m0/s1. The van der Waals surface area contributed by atoms with Crippen LogP contribution >= 0.6 is 0 Å². The number of sulfone groups is 1.